The minimum atomic E-state index is -0.603. The van der Waals surface area contributed by atoms with Gasteiger partial charge in [-0.1, -0.05) is 6.07 Å². The summed E-state index contributed by atoms with van der Waals surface area (Å²) >= 11 is 0. The van der Waals surface area contributed by atoms with Crippen LogP contribution in [0.15, 0.2) is 36.5 Å². The topological polar surface area (TPSA) is 91.5 Å². The fourth-order valence-corrected chi connectivity index (χ4v) is 6.51. The molecule has 11 nitrogen and oxygen atoms in total. The van der Waals surface area contributed by atoms with Crippen molar-refractivity contribution in [2.75, 3.05) is 62.7 Å². The Morgan fingerprint density at radius 3 is 2.70 bits per heavy atom. The van der Waals surface area contributed by atoms with E-state index in [1.54, 1.807) is 4.90 Å². The number of likely N-dealkylation sites (N-methyl/N-ethyl adjacent to an activating group) is 1. The second-order valence-electron chi connectivity index (χ2n) is 13.0. The van der Waals surface area contributed by atoms with Crippen LogP contribution in [0.5, 0.6) is 6.01 Å². The van der Waals surface area contributed by atoms with Gasteiger partial charge in [-0.2, -0.15) is 9.97 Å². The van der Waals surface area contributed by atoms with Crippen LogP contribution in [0.4, 0.5) is 16.3 Å². The summed E-state index contributed by atoms with van der Waals surface area (Å²) in [6.07, 6.45) is 4.49. The first kappa shape index (κ1) is 29.9. The van der Waals surface area contributed by atoms with E-state index < -0.39 is 5.60 Å². The monoisotopic (exact) mass is 598 g/mol. The summed E-state index contributed by atoms with van der Waals surface area (Å²) in [6.45, 7) is 18.0. The third-order valence-electron chi connectivity index (χ3n) is 8.77. The van der Waals surface area contributed by atoms with Crippen LogP contribution in [0.3, 0.4) is 0 Å². The summed E-state index contributed by atoms with van der Waals surface area (Å²) in [5.41, 5.74) is 3.57. The molecule has 0 aliphatic carbocycles. The third kappa shape index (κ3) is 6.36. The molecule has 2 fully saturated rings. The van der Waals surface area contributed by atoms with Gasteiger partial charge in [0.2, 0.25) is 6.54 Å². The lowest BCUT2D eigenvalue weighted by molar-refractivity contribution is 0.0155. The Morgan fingerprint density at radius 2 is 1.93 bits per heavy atom. The molecule has 2 atom stereocenters. The number of fused-ring (bicyclic) bond motifs is 2. The summed E-state index contributed by atoms with van der Waals surface area (Å²) < 4.78 is 12.0. The molecule has 44 heavy (non-hydrogen) atoms. The standard InChI is InChI=1S/C33H42N8O3/c1-33(2,3)44-32(42)41-18-17-40(20-24(41)19-34-4)30-26-13-16-39(29-12-6-11-27-25(29)10-7-14-35-27)21-28(26)36-31(37-30)43-22-23-9-8-15-38(23)5/h6-7,10-12,14,23-24H,8-9,13,15-22H2,1-3,5H3/t23-,24?/m0/s1. The predicted octanol–water partition coefficient (Wildman–Crippen LogP) is 4.41. The van der Waals surface area contributed by atoms with E-state index in [1.807, 2.05) is 39.1 Å². The summed E-state index contributed by atoms with van der Waals surface area (Å²) in [7, 11) is 2.14. The minimum absolute atomic E-state index is 0.198. The molecule has 11 heteroatoms. The predicted molar refractivity (Wildman–Crippen MR) is 170 cm³/mol. The maximum absolute atomic E-state index is 13.1. The summed E-state index contributed by atoms with van der Waals surface area (Å²) in [6, 6.07) is 10.8. The average molecular weight is 599 g/mol. The highest BCUT2D eigenvalue weighted by atomic mass is 16.6. The van der Waals surface area contributed by atoms with E-state index in [0.717, 1.165) is 59.6 Å². The van der Waals surface area contributed by atoms with E-state index in [1.165, 1.54) is 6.42 Å². The molecule has 6 rings (SSSR count). The Bertz CT molecular complexity index is 1550. The Kier molecular flexibility index (Phi) is 8.45. The Labute approximate surface area is 259 Å². The van der Waals surface area contributed by atoms with Gasteiger partial charge in [-0.3, -0.25) is 9.88 Å². The van der Waals surface area contributed by atoms with Crippen molar-refractivity contribution in [3.63, 3.8) is 0 Å². The molecule has 232 valence electrons. The van der Waals surface area contributed by atoms with Crippen LogP contribution in [0.25, 0.3) is 15.7 Å². The van der Waals surface area contributed by atoms with Gasteiger partial charge in [0, 0.05) is 55.1 Å². The summed E-state index contributed by atoms with van der Waals surface area (Å²) in [5, 5.41) is 1.12. The van der Waals surface area contributed by atoms with Crippen molar-refractivity contribution < 1.29 is 14.3 Å². The molecular formula is C33H42N8O3. The number of piperazine rings is 1. The van der Waals surface area contributed by atoms with E-state index in [9.17, 15) is 4.79 Å². The molecule has 2 aromatic heterocycles. The van der Waals surface area contributed by atoms with Gasteiger partial charge < -0.3 is 29.0 Å². The van der Waals surface area contributed by atoms with Crippen LogP contribution in [0.1, 0.15) is 44.9 Å². The number of pyridine rings is 1. The minimum Gasteiger partial charge on any atom is -0.462 e. The summed E-state index contributed by atoms with van der Waals surface area (Å²) in [5.74, 6) is 0.850. The van der Waals surface area contributed by atoms with Crippen molar-refractivity contribution in [1.82, 2.24) is 24.8 Å². The molecule has 3 aromatic rings. The van der Waals surface area contributed by atoms with Gasteiger partial charge in [0.15, 0.2) is 0 Å². The molecule has 0 spiro atoms. The first-order chi connectivity index (χ1) is 21.2. The van der Waals surface area contributed by atoms with Crippen molar-refractivity contribution in [2.45, 2.75) is 64.3 Å². The number of hydrogen-bond acceptors (Lipinski definition) is 9. The number of carbonyl (C=O) groups is 1. The number of nitrogens with zero attached hydrogens (tertiary/aromatic N) is 8. The molecule has 3 aliphatic heterocycles. The van der Waals surface area contributed by atoms with Crippen molar-refractivity contribution >= 4 is 28.5 Å². The molecule has 0 N–H and O–H groups in total. The largest absolute Gasteiger partial charge is 0.462 e. The van der Waals surface area contributed by atoms with Crippen molar-refractivity contribution in [2.24, 2.45) is 0 Å². The van der Waals surface area contributed by atoms with Crippen LogP contribution in [0, 0.1) is 6.57 Å². The number of amides is 1. The fourth-order valence-electron chi connectivity index (χ4n) is 6.51. The normalized spacial score (nSPS) is 20.8. The van der Waals surface area contributed by atoms with Crippen LogP contribution in [-0.4, -0.2) is 101 Å². The molecule has 0 bridgehead atoms. The first-order valence-corrected chi connectivity index (χ1v) is 15.6. The second-order valence-corrected chi connectivity index (χ2v) is 13.0. The Balaban J connectivity index is 1.30. The lowest BCUT2D eigenvalue weighted by Gasteiger charge is -2.41. The third-order valence-corrected chi connectivity index (χ3v) is 8.77. The molecule has 1 aromatic carbocycles. The van der Waals surface area contributed by atoms with Crippen LogP contribution in [0.2, 0.25) is 0 Å². The number of carbonyl (C=O) groups excluding carboxylic acids is 1. The first-order valence-electron chi connectivity index (χ1n) is 15.6. The number of hydrogen-bond donors (Lipinski definition) is 0. The van der Waals surface area contributed by atoms with E-state index in [-0.39, 0.29) is 18.7 Å². The smallest absolute Gasteiger partial charge is 0.410 e. The quantitative estimate of drug-likeness (QED) is 0.383. The number of rotatable bonds is 6. The summed E-state index contributed by atoms with van der Waals surface area (Å²) in [4.78, 5) is 39.9. The molecular weight excluding hydrogens is 556 g/mol. The van der Waals surface area contributed by atoms with E-state index in [4.69, 9.17) is 26.0 Å². The Morgan fingerprint density at radius 1 is 1.07 bits per heavy atom. The maximum Gasteiger partial charge on any atom is 0.410 e. The highest BCUT2D eigenvalue weighted by molar-refractivity contribution is 5.91. The number of ether oxygens (including phenoxy) is 2. The highest BCUT2D eigenvalue weighted by Crippen LogP contribution is 2.34. The molecule has 2 saturated heterocycles. The van der Waals surface area contributed by atoms with E-state index >= 15 is 0 Å². The zero-order valence-electron chi connectivity index (χ0n) is 26.2. The van der Waals surface area contributed by atoms with Gasteiger partial charge in [-0.15, -0.1) is 0 Å². The number of benzene rings is 1. The molecule has 0 radical (unpaired) electrons. The van der Waals surface area contributed by atoms with E-state index in [2.05, 4.69) is 49.8 Å². The number of likely N-dealkylation sites (tertiary alicyclic amines) is 1. The Hall–Kier alpha value is -4.17. The molecule has 3 aliphatic rings. The van der Waals surface area contributed by atoms with Crippen LogP contribution < -0.4 is 14.5 Å². The average Bonchev–Trinajstić information content (AvgIpc) is 3.42. The molecule has 5 heterocycles. The lowest BCUT2D eigenvalue weighted by Crippen LogP contribution is -2.57. The number of anilines is 2. The molecule has 1 amide bonds. The van der Waals surface area contributed by atoms with Crippen molar-refractivity contribution in [3.8, 4) is 6.01 Å². The number of aromatic nitrogens is 3. The lowest BCUT2D eigenvalue weighted by atomic mass is 10.0. The zero-order valence-corrected chi connectivity index (χ0v) is 26.2. The van der Waals surface area contributed by atoms with Gasteiger partial charge in [0.25, 0.3) is 0 Å². The maximum atomic E-state index is 13.1. The van der Waals surface area contributed by atoms with E-state index in [0.29, 0.717) is 44.8 Å². The van der Waals surface area contributed by atoms with Gasteiger partial charge in [0.05, 0.1) is 17.8 Å². The van der Waals surface area contributed by atoms with Crippen LogP contribution >= 0.6 is 0 Å². The van der Waals surface area contributed by atoms with Gasteiger partial charge >= 0.3 is 12.1 Å². The highest BCUT2D eigenvalue weighted by Gasteiger charge is 2.37. The van der Waals surface area contributed by atoms with Gasteiger partial charge in [-0.25, -0.2) is 11.4 Å². The van der Waals surface area contributed by atoms with Crippen molar-refractivity contribution in [3.05, 3.63) is 59.2 Å². The van der Waals surface area contributed by atoms with Crippen molar-refractivity contribution in [1.29, 1.82) is 0 Å². The SMILES string of the molecule is [C-]#[N+]CC1CN(c2nc(OC[C@@H]3CCCN3C)nc3c2CCN(c2cccc4ncccc24)C3)CCN1C(=O)OC(C)(C)C. The van der Waals surface area contributed by atoms with Crippen LogP contribution in [-0.2, 0) is 17.7 Å². The zero-order chi connectivity index (χ0) is 30.8. The van der Waals surface area contributed by atoms with Gasteiger partial charge in [-0.05, 0) is 77.9 Å². The van der Waals surface area contributed by atoms with Gasteiger partial charge in [0.1, 0.15) is 24.1 Å². The second kappa shape index (κ2) is 12.4. The molecule has 1 unspecified atom stereocenters. The fraction of sp³-hybridized carbons (Fsp3) is 0.545. The molecule has 0 saturated carbocycles.